The maximum absolute atomic E-state index is 12.6. The maximum atomic E-state index is 12.6. The molecular weight excluding hydrogens is 307 g/mol. The number of fused-ring (bicyclic) bond motifs is 2. The zero-order chi connectivity index (χ0) is 15.2. The van der Waals surface area contributed by atoms with E-state index in [1.54, 1.807) is 0 Å². The van der Waals surface area contributed by atoms with Crippen molar-refractivity contribution in [1.29, 1.82) is 0 Å². The lowest BCUT2D eigenvalue weighted by Gasteiger charge is -2.23. The number of aromatic nitrogens is 1. The molecule has 21 heavy (non-hydrogen) atoms. The van der Waals surface area contributed by atoms with Crippen LogP contribution in [0.15, 0.2) is 12.1 Å². The summed E-state index contributed by atoms with van der Waals surface area (Å²) < 4.78 is 37.7. The molecule has 0 aliphatic carbocycles. The molecule has 4 nitrogen and oxygen atoms in total. The van der Waals surface area contributed by atoms with Crippen molar-refractivity contribution in [2.75, 3.05) is 19.6 Å². The first-order valence-electron chi connectivity index (χ1n) is 6.61. The molecule has 3 heterocycles. The van der Waals surface area contributed by atoms with Gasteiger partial charge in [0.05, 0.1) is 5.56 Å². The average molecular weight is 320 g/mol. The lowest BCUT2D eigenvalue weighted by Crippen LogP contribution is -2.43. The van der Waals surface area contributed by atoms with Crippen LogP contribution in [0.1, 0.15) is 22.5 Å². The molecule has 8 heteroatoms. The summed E-state index contributed by atoms with van der Waals surface area (Å²) in [7, 11) is 0. The number of rotatable bonds is 2. The zero-order valence-electron chi connectivity index (χ0n) is 11.0. The van der Waals surface area contributed by atoms with E-state index in [2.05, 4.69) is 15.2 Å². The molecule has 1 aromatic heterocycles. The molecule has 2 aliphatic heterocycles. The molecule has 2 fully saturated rings. The molecule has 3 rings (SSSR count). The van der Waals surface area contributed by atoms with Crippen LogP contribution in [0.4, 0.5) is 13.2 Å². The highest BCUT2D eigenvalue weighted by Gasteiger charge is 2.39. The fourth-order valence-corrected chi connectivity index (χ4v) is 3.22. The lowest BCUT2D eigenvalue weighted by molar-refractivity contribution is -0.137. The highest BCUT2D eigenvalue weighted by molar-refractivity contribution is 6.30. The van der Waals surface area contributed by atoms with Crippen molar-refractivity contribution in [1.82, 2.24) is 15.2 Å². The van der Waals surface area contributed by atoms with E-state index in [-0.39, 0.29) is 11.7 Å². The summed E-state index contributed by atoms with van der Waals surface area (Å²) in [5.41, 5.74) is -1.13. The third kappa shape index (κ3) is 2.85. The van der Waals surface area contributed by atoms with Crippen LogP contribution in [0.2, 0.25) is 5.15 Å². The van der Waals surface area contributed by atoms with Gasteiger partial charge >= 0.3 is 6.18 Å². The van der Waals surface area contributed by atoms with E-state index in [0.717, 1.165) is 38.2 Å². The summed E-state index contributed by atoms with van der Waals surface area (Å²) in [6.45, 7) is 2.79. The molecule has 3 atom stereocenters. The van der Waals surface area contributed by atoms with Gasteiger partial charge in [0.2, 0.25) is 0 Å². The minimum Gasteiger partial charge on any atom is -0.346 e. The predicted molar refractivity (Wildman–Crippen MR) is 70.1 cm³/mol. The van der Waals surface area contributed by atoms with Gasteiger partial charge in [-0.3, -0.25) is 4.79 Å². The van der Waals surface area contributed by atoms with Crippen molar-refractivity contribution < 1.29 is 18.0 Å². The highest BCUT2D eigenvalue weighted by Crippen LogP contribution is 2.33. The third-order valence-corrected chi connectivity index (χ3v) is 4.32. The van der Waals surface area contributed by atoms with Gasteiger partial charge in [-0.2, -0.15) is 13.2 Å². The van der Waals surface area contributed by atoms with Gasteiger partial charge in [-0.1, -0.05) is 11.6 Å². The molecule has 0 saturated carbocycles. The Hall–Kier alpha value is -1.34. The maximum Gasteiger partial charge on any atom is 0.419 e. The molecular formula is C13H13ClF3N3O. The van der Waals surface area contributed by atoms with Crippen molar-refractivity contribution in [2.24, 2.45) is 5.92 Å². The Morgan fingerprint density at radius 1 is 1.38 bits per heavy atom. The molecule has 114 valence electrons. The highest BCUT2D eigenvalue weighted by atomic mass is 35.5. The van der Waals surface area contributed by atoms with Crippen molar-refractivity contribution in [3.63, 3.8) is 0 Å². The number of carbonyl (C=O) groups excluding carboxylic acids is 1. The van der Waals surface area contributed by atoms with Crippen LogP contribution in [0.3, 0.4) is 0 Å². The summed E-state index contributed by atoms with van der Waals surface area (Å²) in [4.78, 5) is 17.9. The Morgan fingerprint density at radius 3 is 2.67 bits per heavy atom. The number of carbonyl (C=O) groups is 1. The van der Waals surface area contributed by atoms with E-state index in [4.69, 9.17) is 11.6 Å². The van der Waals surface area contributed by atoms with Crippen LogP contribution in [-0.4, -0.2) is 41.5 Å². The topological polar surface area (TPSA) is 45.2 Å². The van der Waals surface area contributed by atoms with Gasteiger partial charge in [-0.25, -0.2) is 4.98 Å². The van der Waals surface area contributed by atoms with Gasteiger partial charge in [0, 0.05) is 19.1 Å². The Labute approximate surface area is 124 Å². The van der Waals surface area contributed by atoms with Crippen molar-refractivity contribution in [3.05, 3.63) is 28.5 Å². The van der Waals surface area contributed by atoms with Crippen molar-refractivity contribution >= 4 is 17.5 Å². The third-order valence-electron chi connectivity index (χ3n) is 4.04. The van der Waals surface area contributed by atoms with E-state index < -0.39 is 22.8 Å². The fraction of sp³-hybridized carbons (Fsp3) is 0.538. The number of piperidine rings is 1. The van der Waals surface area contributed by atoms with Crippen LogP contribution < -0.4 is 5.32 Å². The van der Waals surface area contributed by atoms with Crippen LogP contribution in [0.5, 0.6) is 0 Å². The molecule has 0 radical (unpaired) electrons. The summed E-state index contributed by atoms with van der Waals surface area (Å²) in [5.74, 6) is -0.0664. The van der Waals surface area contributed by atoms with Crippen LogP contribution in [0, 0.1) is 5.92 Å². The average Bonchev–Trinajstić information content (AvgIpc) is 2.99. The number of amides is 1. The van der Waals surface area contributed by atoms with Crippen LogP contribution in [0.25, 0.3) is 0 Å². The van der Waals surface area contributed by atoms with Gasteiger partial charge < -0.3 is 10.2 Å². The monoisotopic (exact) mass is 319 g/mol. The van der Waals surface area contributed by atoms with E-state index >= 15 is 0 Å². The minimum absolute atomic E-state index is 0.0362. The quantitative estimate of drug-likeness (QED) is 0.850. The molecule has 0 spiro atoms. The smallest absolute Gasteiger partial charge is 0.346 e. The normalized spacial score (nSPS) is 27.9. The van der Waals surface area contributed by atoms with Gasteiger partial charge in [0.25, 0.3) is 5.91 Å². The molecule has 1 amide bonds. The Kier molecular flexibility index (Phi) is 3.57. The molecule has 0 aromatic carbocycles. The van der Waals surface area contributed by atoms with Crippen LogP contribution in [-0.2, 0) is 6.18 Å². The number of pyridine rings is 1. The number of halogens is 4. The summed E-state index contributed by atoms with van der Waals surface area (Å²) in [6, 6.07) is 1.88. The Morgan fingerprint density at radius 2 is 2.14 bits per heavy atom. The zero-order valence-corrected chi connectivity index (χ0v) is 11.7. The SMILES string of the molecule is O=C(NC1CN2CCC1C2)c1ccc(C(F)(F)F)c(Cl)n1. The molecule has 3 unspecified atom stereocenters. The first kappa shape index (κ1) is 14.6. The summed E-state index contributed by atoms with van der Waals surface area (Å²) in [5, 5.41) is 2.13. The van der Waals surface area contributed by atoms with E-state index in [1.807, 2.05) is 0 Å². The van der Waals surface area contributed by atoms with E-state index in [1.165, 1.54) is 0 Å². The number of nitrogens with one attached hydrogen (secondary N) is 1. The molecule has 1 N–H and O–H groups in total. The number of hydrogen-bond donors (Lipinski definition) is 1. The predicted octanol–water partition coefficient (Wildman–Crippen LogP) is 2.19. The lowest BCUT2D eigenvalue weighted by atomic mass is 10.00. The molecule has 2 bridgehead atoms. The van der Waals surface area contributed by atoms with E-state index in [9.17, 15) is 18.0 Å². The second kappa shape index (κ2) is 5.14. The molecule has 2 aliphatic rings. The number of nitrogens with zero attached hydrogens (tertiary/aromatic N) is 2. The van der Waals surface area contributed by atoms with Crippen molar-refractivity contribution in [3.8, 4) is 0 Å². The van der Waals surface area contributed by atoms with Crippen molar-refractivity contribution in [2.45, 2.75) is 18.6 Å². The fourth-order valence-electron chi connectivity index (χ4n) is 2.96. The van der Waals surface area contributed by atoms with Gasteiger partial charge in [0.15, 0.2) is 0 Å². The minimum atomic E-state index is -4.57. The van der Waals surface area contributed by atoms with Gasteiger partial charge in [-0.05, 0) is 31.0 Å². The standard InChI is InChI=1S/C13H13ClF3N3O/c14-11-8(13(15,16)17)1-2-9(18-11)12(21)19-10-6-20-4-3-7(10)5-20/h1-2,7,10H,3-6H2,(H,19,21). The second-order valence-electron chi connectivity index (χ2n) is 5.42. The van der Waals surface area contributed by atoms with Gasteiger partial charge in [0.1, 0.15) is 10.8 Å². The summed E-state index contributed by atoms with van der Waals surface area (Å²) in [6.07, 6.45) is -3.54. The Balaban J connectivity index is 1.72. The number of hydrogen-bond acceptors (Lipinski definition) is 3. The first-order chi connectivity index (χ1) is 9.84. The second-order valence-corrected chi connectivity index (χ2v) is 5.78. The molecule has 2 saturated heterocycles. The first-order valence-corrected chi connectivity index (χ1v) is 6.99. The summed E-state index contributed by atoms with van der Waals surface area (Å²) >= 11 is 5.52. The Bertz CT molecular complexity index is 578. The van der Waals surface area contributed by atoms with E-state index in [0.29, 0.717) is 5.92 Å². The number of alkyl halides is 3. The molecule has 1 aromatic rings. The van der Waals surface area contributed by atoms with Crippen LogP contribution >= 0.6 is 11.6 Å². The largest absolute Gasteiger partial charge is 0.419 e. The van der Waals surface area contributed by atoms with Gasteiger partial charge in [-0.15, -0.1) is 0 Å².